The summed E-state index contributed by atoms with van der Waals surface area (Å²) in [6.45, 7) is 0.392. The quantitative estimate of drug-likeness (QED) is 0.709. The number of pyridine rings is 1. The summed E-state index contributed by atoms with van der Waals surface area (Å²) in [7, 11) is 0. The molecule has 0 saturated carbocycles. The Hall–Kier alpha value is -1.03. The van der Waals surface area contributed by atoms with Gasteiger partial charge in [-0.3, -0.25) is 4.98 Å². The van der Waals surface area contributed by atoms with Gasteiger partial charge in [-0.05, 0) is 31.5 Å². The average Bonchev–Trinajstić information content (AvgIpc) is 2.18. The summed E-state index contributed by atoms with van der Waals surface area (Å²) in [6.07, 6.45) is 1.15. The van der Waals surface area contributed by atoms with E-state index >= 15 is 0 Å². The second-order valence-corrected chi connectivity index (χ2v) is 3.02. The van der Waals surface area contributed by atoms with Crippen LogP contribution in [0.5, 0.6) is 0 Å². The molecule has 0 aliphatic heterocycles. The molecule has 0 fully saturated rings. The van der Waals surface area contributed by atoms with Crippen molar-refractivity contribution in [2.45, 2.75) is 19.3 Å². The Kier molecular flexibility index (Phi) is 5.07. The van der Waals surface area contributed by atoms with E-state index in [1.165, 1.54) is 0 Å². The third-order valence-corrected chi connectivity index (χ3v) is 1.81. The van der Waals surface area contributed by atoms with E-state index in [9.17, 15) is 8.78 Å². The van der Waals surface area contributed by atoms with Crippen LogP contribution in [0.2, 0.25) is 0 Å². The second-order valence-electron chi connectivity index (χ2n) is 3.02. The number of halogens is 2. The fourth-order valence-electron chi connectivity index (χ4n) is 1.15. The van der Waals surface area contributed by atoms with Crippen molar-refractivity contribution >= 4 is 0 Å². The summed E-state index contributed by atoms with van der Waals surface area (Å²) >= 11 is 0. The lowest BCUT2D eigenvalue weighted by Crippen LogP contribution is -2.22. The van der Waals surface area contributed by atoms with Crippen LogP contribution >= 0.6 is 0 Å². The van der Waals surface area contributed by atoms with Crippen LogP contribution in [-0.4, -0.2) is 24.5 Å². The monoisotopic (exact) mass is 200 g/mol. The van der Waals surface area contributed by atoms with Gasteiger partial charge in [0.25, 0.3) is 6.43 Å². The number of nitrogens with zero attached hydrogens (tertiary/aromatic N) is 1. The van der Waals surface area contributed by atoms with E-state index in [-0.39, 0.29) is 6.54 Å². The fraction of sp³-hybridized carbons (Fsp3) is 0.500. The Morgan fingerprint density at radius 3 is 2.86 bits per heavy atom. The van der Waals surface area contributed by atoms with Gasteiger partial charge in [-0.15, -0.1) is 0 Å². The second kappa shape index (κ2) is 6.43. The van der Waals surface area contributed by atoms with Crippen molar-refractivity contribution < 1.29 is 8.78 Å². The minimum atomic E-state index is -2.26. The van der Waals surface area contributed by atoms with Crippen molar-refractivity contribution in [1.29, 1.82) is 0 Å². The largest absolute Gasteiger partial charge is 0.311 e. The molecule has 4 heteroatoms. The highest BCUT2D eigenvalue weighted by Gasteiger charge is 1.99. The van der Waals surface area contributed by atoms with Crippen LogP contribution in [0.4, 0.5) is 8.78 Å². The molecule has 0 aromatic carbocycles. The lowest BCUT2D eigenvalue weighted by atomic mass is 10.2. The molecule has 0 aliphatic rings. The molecule has 78 valence electrons. The maximum absolute atomic E-state index is 11.7. The highest BCUT2D eigenvalue weighted by Crippen LogP contribution is 1.97. The average molecular weight is 200 g/mol. The third-order valence-electron chi connectivity index (χ3n) is 1.81. The zero-order valence-corrected chi connectivity index (χ0v) is 7.92. The lowest BCUT2D eigenvalue weighted by Gasteiger charge is -2.03. The molecule has 2 nitrogen and oxygen atoms in total. The van der Waals surface area contributed by atoms with E-state index in [0.717, 1.165) is 18.5 Å². The minimum absolute atomic E-state index is 0.220. The molecular weight excluding hydrogens is 186 g/mol. The molecule has 14 heavy (non-hydrogen) atoms. The summed E-state index contributed by atoms with van der Waals surface area (Å²) < 4.78 is 23.4. The van der Waals surface area contributed by atoms with E-state index in [1.54, 1.807) is 6.20 Å². The van der Waals surface area contributed by atoms with Gasteiger partial charge < -0.3 is 5.32 Å². The van der Waals surface area contributed by atoms with Crippen LogP contribution in [0.3, 0.4) is 0 Å². The van der Waals surface area contributed by atoms with Gasteiger partial charge in [0.2, 0.25) is 0 Å². The van der Waals surface area contributed by atoms with Crippen LogP contribution in [-0.2, 0) is 6.42 Å². The van der Waals surface area contributed by atoms with Crippen LogP contribution in [0.25, 0.3) is 0 Å². The van der Waals surface area contributed by atoms with E-state index in [2.05, 4.69) is 10.3 Å². The molecule has 0 radical (unpaired) electrons. The number of rotatable bonds is 6. The smallest absolute Gasteiger partial charge is 0.250 e. The Morgan fingerprint density at radius 2 is 2.21 bits per heavy atom. The van der Waals surface area contributed by atoms with Crippen molar-refractivity contribution in [2.24, 2.45) is 0 Å². The van der Waals surface area contributed by atoms with Gasteiger partial charge in [0.05, 0.1) is 6.54 Å². The van der Waals surface area contributed by atoms with Crippen molar-refractivity contribution in [1.82, 2.24) is 10.3 Å². The SMILES string of the molecule is FC(F)CNCCCc1ccccn1. The normalized spacial score (nSPS) is 10.8. The minimum Gasteiger partial charge on any atom is -0.311 e. The maximum Gasteiger partial charge on any atom is 0.250 e. The summed E-state index contributed by atoms with van der Waals surface area (Å²) in [5, 5.41) is 2.68. The number of hydrogen-bond acceptors (Lipinski definition) is 2. The molecule has 1 aromatic rings. The maximum atomic E-state index is 11.7. The number of hydrogen-bond donors (Lipinski definition) is 1. The van der Waals surface area contributed by atoms with Gasteiger partial charge >= 0.3 is 0 Å². The summed E-state index contributed by atoms with van der Waals surface area (Å²) in [6, 6.07) is 5.72. The first-order valence-corrected chi connectivity index (χ1v) is 4.68. The number of nitrogens with one attached hydrogen (secondary N) is 1. The zero-order chi connectivity index (χ0) is 10.2. The molecule has 0 unspecified atom stereocenters. The molecule has 0 atom stereocenters. The number of alkyl halides is 2. The van der Waals surface area contributed by atoms with Gasteiger partial charge in [-0.25, -0.2) is 8.78 Å². The van der Waals surface area contributed by atoms with Gasteiger partial charge in [0, 0.05) is 11.9 Å². The summed E-state index contributed by atoms with van der Waals surface area (Å²) in [5.41, 5.74) is 1.01. The van der Waals surface area contributed by atoms with Crippen molar-refractivity contribution in [3.05, 3.63) is 30.1 Å². The van der Waals surface area contributed by atoms with E-state index < -0.39 is 6.43 Å². The summed E-state index contributed by atoms with van der Waals surface area (Å²) in [5.74, 6) is 0. The van der Waals surface area contributed by atoms with E-state index in [0.29, 0.717) is 6.54 Å². The first-order valence-electron chi connectivity index (χ1n) is 4.68. The summed E-state index contributed by atoms with van der Waals surface area (Å²) in [4.78, 5) is 4.14. The molecular formula is C10H14F2N2. The zero-order valence-electron chi connectivity index (χ0n) is 7.92. The molecule has 1 heterocycles. The predicted molar refractivity (Wildman–Crippen MR) is 51.4 cm³/mol. The third kappa shape index (κ3) is 4.87. The Bertz CT molecular complexity index is 239. The number of aryl methyl sites for hydroxylation is 1. The standard InChI is InChI=1S/C10H14F2N2/c11-10(12)8-13-6-3-5-9-4-1-2-7-14-9/h1-2,4,7,10,13H,3,5-6,8H2. The first-order chi connectivity index (χ1) is 6.79. The Labute approximate surface area is 82.4 Å². The van der Waals surface area contributed by atoms with Gasteiger partial charge in [-0.1, -0.05) is 6.07 Å². The predicted octanol–water partition coefficient (Wildman–Crippen LogP) is 1.87. The van der Waals surface area contributed by atoms with Crippen LogP contribution in [0.1, 0.15) is 12.1 Å². The molecule has 1 aromatic heterocycles. The highest BCUT2D eigenvalue weighted by atomic mass is 19.3. The van der Waals surface area contributed by atoms with E-state index in [1.807, 2.05) is 18.2 Å². The van der Waals surface area contributed by atoms with Crippen LogP contribution in [0.15, 0.2) is 24.4 Å². The topological polar surface area (TPSA) is 24.9 Å². The van der Waals surface area contributed by atoms with Crippen molar-refractivity contribution in [2.75, 3.05) is 13.1 Å². The van der Waals surface area contributed by atoms with E-state index in [4.69, 9.17) is 0 Å². The molecule has 0 amide bonds. The number of aromatic nitrogens is 1. The molecule has 1 N–H and O–H groups in total. The highest BCUT2D eigenvalue weighted by molar-refractivity contribution is 5.03. The van der Waals surface area contributed by atoms with Crippen LogP contribution < -0.4 is 5.32 Å². The molecule has 0 aliphatic carbocycles. The van der Waals surface area contributed by atoms with Crippen LogP contribution in [0, 0.1) is 0 Å². The molecule has 1 rings (SSSR count). The lowest BCUT2D eigenvalue weighted by molar-refractivity contribution is 0.146. The van der Waals surface area contributed by atoms with Gasteiger partial charge in [0.15, 0.2) is 0 Å². The van der Waals surface area contributed by atoms with Gasteiger partial charge in [0.1, 0.15) is 0 Å². The van der Waals surface area contributed by atoms with Gasteiger partial charge in [-0.2, -0.15) is 0 Å². The van der Waals surface area contributed by atoms with Crippen molar-refractivity contribution in [3.63, 3.8) is 0 Å². The first kappa shape index (κ1) is 11.0. The molecule has 0 saturated heterocycles. The fourth-order valence-corrected chi connectivity index (χ4v) is 1.15. The molecule has 0 bridgehead atoms. The van der Waals surface area contributed by atoms with Crippen molar-refractivity contribution in [3.8, 4) is 0 Å². The Balaban J connectivity index is 2.05. The Morgan fingerprint density at radius 1 is 1.36 bits per heavy atom. The molecule has 0 spiro atoms.